The number of nitrogens with one attached hydrogen (secondary N) is 1. The first-order valence-electron chi connectivity index (χ1n) is 13.9. The van der Waals surface area contributed by atoms with Crippen LogP contribution in [-0.4, -0.2) is 72.8 Å². The van der Waals surface area contributed by atoms with E-state index in [4.69, 9.17) is 19.3 Å². The highest BCUT2D eigenvalue weighted by molar-refractivity contribution is 6.03. The third-order valence-corrected chi connectivity index (χ3v) is 8.04. The number of benzene rings is 2. The molecule has 2 N–H and O–H groups in total. The minimum absolute atomic E-state index is 0.0190. The molecular weight excluding hydrogens is 512 g/mol. The summed E-state index contributed by atoms with van der Waals surface area (Å²) in [5.41, 5.74) is 2.03. The van der Waals surface area contributed by atoms with Crippen molar-refractivity contribution in [2.24, 2.45) is 17.8 Å². The number of rotatable bonds is 8. The van der Waals surface area contributed by atoms with Crippen molar-refractivity contribution in [3.8, 4) is 11.5 Å². The van der Waals surface area contributed by atoms with E-state index in [1.807, 2.05) is 58.0 Å². The highest BCUT2D eigenvalue weighted by Gasteiger charge is 2.57. The van der Waals surface area contributed by atoms with E-state index >= 15 is 0 Å². The molecule has 0 radical (unpaired) electrons. The van der Waals surface area contributed by atoms with Gasteiger partial charge in [-0.25, -0.2) is 4.79 Å². The van der Waals surface area contributed by atoms with E-state index in [0.717, 1.165) is 11.1 Å². The molecule has 1 saturated carbocycles. The maximum Gasteiger partial charge on any atom is 0.410 e. The molecule has 2 amide bonds. The van der Waals surface area contributed by atoms with E-state index in [1.54, 1.807) is 18.0 Å². The SMILES string of the molecule is CNC(=O)c1cc(C(=O)CC2[C@H]3CN(C(=O)OC(C)(C)C)C[C@@H]23)cc2c1O[C@H](C)[C@H]2c1cccc(OCCO)c1. The summed E-state index contributed by atoms with van der Waals surface area (Å²) in [5.74, 6) is 1.40. The van der Waals surface area contributed by atoms with Crippen LogP contribution < -0.4 is 14.8 Å². The number of carbonyl (C=O) groups excluding carboxylic acids is 3. The fourth-order valence-corrected chi connectivity index (χ4v) is 6.16. The van der Waals surface area contributed by atoms with Gasteiger partial charge in [0.25, 0.3) is 5.91 Å². The lowest BCUT2D eigenvalue weighted by Crippen LogP contribution is -2.37. The van der Waals surface area contributed by atoms with Gasteiger partial charge in [-0.1, -0.05) is 12.1 Å². The predicted molar refractivity (Wildman–Crippen MR) is 148 cm³/mol. The van der Waals surface area contributed by atoms with Crippen LogP contribution in [0, 0.1) is 17.8 Å². The fourth-order valence-electron chi connectivity index (χ4n) is 6.16. The average Bonchev–Trinajstić information content (AvgIpc) is 3.22. The summed E-state index contributed by atoms with van der Waals surface area (Å²) in [6.07, 6.45) is -0.197. The standard InChI is InChI=1S/C31H38N2O7/c1-17-27(18-7-6-8-20(11-18)38-10-9-34)22-12-19(13-23(28(22)39-17)29(36)32-5)26(35)14-21-24-15-33(16-25(21)24)30(37)40-31(2,3)4/h6-8,11-13,17,21,24-25,27,34H,9-10,14-16H2,1-5H3,(H,32,36)/t17-,21?,24-,25+,27+/m1/s1. The molecule has 2 heterocycles. The van der Waals surface area contributed by atoms with Gasteiger partial charge in [-0.3, -0.25) is 9.59 Å². The molecule has 1 aliphatic carbocycles. The molecule has 9 nitrogen and oxygen atoms in total. The van der Waals surface area contributed by atoms with Gasteiger partial charge in [-0.15, -0.1) is 0 Å². The number of Topliss-reactive ketones (excluding diaryl/α,β-unsaturated/α-hetero) is 1. The number of nitrogens with zero attached hydrogens (tertiary/aromatic N) is 1. The van der Waals surface area contributed by atoms with Gasteiger partial charge in [0.05, 0.1) is 12.2 Å². The maximum atomic E-state index is 13.6. The first kappa shape index (κ1) is 28.0. The number of hydrogen-bond acceptors (Lipinski definition) is 7. The molecule has 2 aromatic rings. The Balaban J connectivity index is 1.36. The van der Waals surface area contributed by atoms with Crippen molar-refractivity contribution in [2.75, 3.05) is 33.4 Å². The van der Waals surface area contributed by atoms with Crippen LogP contribution in [0.15, 0.2) is 36.4 Å². The van der Waals surface area contributed by atoms with Gasteiger partial charge in [0.15, 0.2) is 5.78 Å². The number of aliphatic hydroxyl groups is 1. The average molecular weight is 551 g/mol. The molecular formula is C31H38N2O7. The third-order valence-electron chi connectivity index (χ3n) is 8.04. The van der Waals surface area contributed by atoms with Gasteiger partial charge in [-0.05, 0) is 75.3 Å². The molecule has 2 aromatic carbocycles. The quantitative estimate of drug-likeness (QED) is 0.477. The van der Waals surface area contributed by atoms with Gasteiger partial charge in [0, 0.05) is 43.6 Å². The van der Waals surface area contributed by atoms with Crippen LogP contribution in [0.5, 0.6) is 11.5 Å². The molecule has 9 heteroatoms. The van der Waals surface area contributed by atoms with Gasteiger partial charge in [0.2, 0.25) is 0 Å². The maximum absolute atomic E-state index is 13.6. The highest BCUT2D eigenvalue weighted by Crippen LogP contribution is 2.54. The summed E-state index contributed by atoms with van der Waals surface area (Å²) in [4.78, 5) is 40.6. The van der Waals surface area contributed by atoms with Crippen LogP contribution in [0.4, 0.5) is 4.79 Å². The molecule has 0 aromatic heterocycles. The lowest BCUT2D eigenvalue weighted by atomic mass is 9.86. The molecule has 0 bridgehead atoms. The minimum atomic E-state index is -0.540. The zero-order chi connectivity index (χ0) is 28.8. The van der Waals surface area contributed by atoms with E-state index < -0.39 is 5.60 Å². The Hall–Kier alpha value is -3.59. The van der Waals surface area contributed by atoms with Crippen LogP contribution in [0.25, 0.3) is 0 Å². The summed E-state index contributed by atoms with van der Waals surface area (Å²) in [7, 11) is 1.56. The Bertz CT molecular complexity index is 1310. The summed E-state index contributed by atoms with van der Waals surface area (Å²) in [6.45, 7) is 8.82. The Kier molecular flexibility index (Phi) is 7.52. The molecule has 2 aliphatic heterocycles. The topological polar surface area (TPSA) is 114 Å². The van der Waals surface area contributed by atoms with E-state index in [2.05, 4.69) is 5.32 Å². The molecule has 1 saturated heterocycles. The second-order valence-corrected chi connectivity index (χ2v) is 12.0. The first-order valence-corrected chi connectivity index (χ1v) is 13.9. The van der Waals surface area contributed by atoms with Crippen molar-refractivity contribution in [1.29, 1.82) is 0 Å². The van der Waals surface area contributed by atoms with Gasteiger partial charge >= 0.3 is 6.09 Å². The molecule has 40 heavy (non-hydrogen) atoms. The molecule has 1 unspecified atom stereocenters. The number of ketones is 1. The molecule has 5 rings (SSSR count). The molecule has 2 fully saturated rings. The second kappa shape index (κ2) is 10.8. The van der Waals surface area contributed by atoms with E-state index in [0.29, 0.717) is 54.0 Å². The van der Waals surface area contributed by atoms with E-state index in [9.17, 15) is 14.4 Å². The van der Waals surface area contributed by atoms with Crippen molar-refractivity contribution in [3.63, 3.8) is 0 Å². The Morgan fingerprint density at radius 2 is 1.85 bits per heavy atom. The normalized spacial score (nSPS) is 24.6. The van der Waals surface area contributed by atoms with Crippen molar-refractivity contribution in [1.82, 2.24) is 10.2 Å². The highest BCUT2D eigenvalue weighted by atomic mass is 16.6. The van der Waals surface area contributed by atoms with Gasteiger partial charge < -0.3 is 29.5 Å². The largest absolute Gasteiger partial charge is 0.491 e. The van der Waals surface area contributed by atoms with Crippen molar-refractivity contribution < 1.29 is 33.7 Å². The third kappa shape index (κ3) is 5.52. The molecule has 5 atom stereocenters. The minimum Gasteiger partial charge on any atom is -0.491 e. The number of hydrogen-bond donors (Lipinski definition) is 2. The number of ether oxygens (including phenoxy) is 3. The van der Waals surface area contributed by atoms with Crippen molar-refractivity contribution >= 4 is 17.8 Å². The number of likely N-dealkylation sites (tertiary alicyclic amines) is 1. The number of aliphatic hydroxyl groups excluding tert-OH is 1. The van der Waals surface area contributed by atoms with Crippen LogP contribution in [0.1, 0.15) is 71.9 Å². The number of fused-ring (bicyclic) bond motifs is 2. The predicted octanol–water partition coefficient (Wildman–Crippen LogP) is 4.02. The summed E-state index contributed by atoms with van der Waals surface area (Å²) < 4.78 is 17.3. The summed E-state index contributed by atoms with van der Waals surface area (Å²) in [6, 6.07) is 11.1. The number of carbonyl (C=O) groups is 3. The lowest BCUT2D eigenvalue weighted by Gasteiger charge is -2.25. The van der Waals surface area contributed by atoms with Gasteiger partial charge in [0.1, 0.15) is 29.8 Å². The van der Waals surface area contributed by atoms with Crippen molar-refractivity contribution in [3.05, 3.63) is 58.7 Å². The Morgan fingerprint density at radius 3 is 2.50 bits per heavy atom. The van der Waals surface area contributed by atoms with Crippen molar-refractivity contribution in [2.45, 2.75) is 51.7 Å². The zero-order valence-electron chi connectivity index (χ0n) is 23.7. The molecule has 214 valence electrons. The van der Waals surface area contributed by atoms with Crippen LogP contribution in [0.3, 0.4) is 0 Å². The Labute approximate surface area is 234 Å². The zero-order valence-corrected chi connectivity index (χ0v) is 23.7. The number of piperidine rings is 1. The van der Waals surface area contributed by atoms with E-state index in [-0.39, 0.29) is 48.9 Å². The van der Waals surface area contributed by atoms with Crippen LogP contribution in [-0.2, 0) is 4.74 Å². The summed E-state index contributed by atoms with van der Waals surface area (Å²) in [5, 5.41) is 11.8. The monoisotopic (exact) mass is 550 g/mol. The molecule has 0 spiro atoms. The van der Waals surface area contributed by atoms with E-state index in [1.165, 1.54) is 0 Å². The summed E-state index contributed by atoms with van der Waals surface area (Å²) >= 11 is 0. The first-order chi connectivity index (χ1) is 19.0. The lowest BCUT2D eigenvalue weighted by molar-refractivity contribution is 0.0265. The smallest absolute Gasteiger partial charge is 0.410 e. The van der Waals surface area contributed by atoms with Gasteiger partial charge in [-0.2, -0.15) is 0 Å². The van der Waals surface area contributed by atoms with Crippen LogP contribution in [0.2, 0.25) is 0 Å². The molecule has 3 aliphatic rings. The van der Waals surface area contributed by atoms with Crippen LogP contribution >= 0.6 is 0 Å². The second-order valence-electron chi connectivity index (χ2n) is 12.0. The fraction of sp³-hybridized carbons (Fsp3) is 0.516. The number of amides is 2. The Morgan fingerprint density at radius 1 is 1.12 bits per heavy atom.